The van der Waals surface area contributed by atoms with Crippen molar-refractivity contribution in [1.29, 1.82) is 0 Å². The smallest absolute Gasteiger partial charge is 0.358 e. The van der Waals surface area contributed by atoms with Crippen LogP contribution in [0.3, 0.4) is 0 Å². The molecule has 2 aromatic carbocycles. The van der Waals surface area contributed by atoms with Crippen LogP contribution in [0.5, 0.6) is 0 Å². The van der Waals surface area contributed by atoms with Crippen LogP contribution >= 0.6 is 11.3 Å². The second-order valence-corrected chi connectivity index (χ2v) is 5.54. The molecule has 0 aliphatic heterocycles. The van der Waals surface area contributed by atoms with Crippen molar-refractivity contribution >= 4 is 28.1 Å². The maximum atomic E-state index is 11.9. The molecule has 0 saturated carbocycles. The van der Waals surface area contributed by atoms with Gasteiger partial charge in [0.25, 0.3) is 0 Å². The van der Waals surface area contributed by atoms with Crippen LogP contribution in [-0.2, 0) is 4.74 Å². The van der Waals surface area contributed by atoms with E-state index < -0.39 is 5.97 Å². The normalized spacial score (nSPS) is 10.8. The number of nitrogens with zero attached hydrogens (tertiary/aromatic N) is 3. The Labute approximate surface area is 137 Å². The van der Waals surface area contributed by atoms with E-state index in [2.05, 4.69) is 15.2 Å². The molecule has 0 spiro atoms. The lowest BCUT2D eigenvalue weighted by atomic mass is 10.1. The van der Waals surface area contributed by atoms with Crippen molar-refractivity contribution in [2.24, 2.45) is 10.2 Å². The minimum absolute atomic E-state index is 0.255. The molecular formula is C17H13N3O2S. The number of hydrogen-bond donors (Lipinski definition) is 0. The van der Waals surface area contributed by atoms with E-state index in [1.807, 2.05) is 60.7 Å². The summed E-state index contributed by atoms with van der Waals surface area (Å²) >= 11 is 1.30. The fourth-order valence-electron chi connectivity index (χ4n) is 1.97. The maximum Gasteiger partial charge on any atom is 0.358 e. The van der Waals surface area contributed by atoms with Crippen LogP contribution in [0, 0.1) is 0 Å². The summed E-state index contributed by atoms with van der Waals surface area (Å²) in [5.74, 6) is -0.485. The lowest BCUT2D eigenvalue weighted by Crippen LogP contribution is -2.02. The van der Waals surface area contributed by atoms with Crippen LogP contribution in [-0.4, -0.2) is 18.1 Å². The first kappa shape index (κ1) is 15.1. The van der Waals surface area contributed by atoms with Gasteiger partial charge in [-0.3, -0.25) is 0 Å². The minimum atomic E-state index is -0.485. The number of ether oxygens (including phenoxy) is 1. The summed E-state index contributed by atoms with van der Waals surface area (Å²) in [6.07, 6.45) is 0. The second kappa shape index (κ2) is 6.93. The van der Waals surface area contributed by atoms with Crippen LogP contribution in [0.15, 0.2) is 70.9 Å². The molecule has 5 nitrogen and oxygen atoms in total. The molecule has 1 aromatic heterocycles. The SMILES string of the molecule is COC(=O)c1nc(N=Nc2ccccc2)sc1-c1ccccc1. The highest BCUT2D eigenvalue weighted by Crippen LogP contribution is 2.35. The van der Waals surface area contributed by atoms with Crippen molar-refractivity contribution < 1.29 is 9.53 Å². The van der Waals surface area contributed by atoms with Gasteiger partial charge >= 0.3 is 5.97 Å². The largest absolute Gasteiger partial charge is 0.464 e. The van der Waals surface area contributed by atoms with Crippen molar-refractivity contribution in [3.8, 4) is 10.4 Å². The highest BCUT2D eigenvalue weighted by molar-refractivity contribution is 7.19. The number of benzene rings is 2. The molecule has 0 bridgehead atoms. The van der Waals surface area contributed by atoms with Gasteiger partial charge in [0, 0.05) is 0 Å². The molecule has 0 fully saturated rings. The Morgan fingerprint density at radius 1 is 1.00 bits per heavy atom. The maximum absolute atomic E-state index is 11.9. The lowest BCUT2D eigenvalue weighted by molar-refractivity contribution is 0.0596. The standard InChI is InChI=1S/C17H13N3O2S/c1-22-16(21)14-15(12-8-4-2-5-9-12)23-17(18-14)20-19-13-10-6-3-7-11-13/h2-11H,1H3. The molecule has 0 saturated heterocycles. The molecule has 0 atom stereocenters. The Hall–Kier alpha value is -2.86. The molecule has 0 aliphatic rings. The molecule has 0 unspecified atom stereocenters. The zero-order valence-corrected chi connectivity index (χ0v) is 13.2. The summed E-state index contributed by atoms with van der Waals surface area (Å²) in [5.41, 5.74) is 1.88. The lowest BCUT2D eigenvalue weighted by Gasteiger charge is -1.99. The first-order valence-corrected chi connectivity index (χ1v) is 7.71. The van der Waals surface area contributed by atoms with Gasteiger partial charge in [-0.25, -0.2) is 9.78 Å². The van der Waals surface area contributed by atoms with Crippen LogP contribution in [0.25, 0.3) is 10.4 Å². The summed E-state index contributed by atoms with van der Waals surface area (Å²) in [6.45, 7) is 0. The third-order valence-corrected chi connectivity index (χ3v) is 4.03. The first-order valence-electron chi connectivity index (χ1n) is 6.89. The zero-order chi connectivity index (χ0) is 16.1. The molecule has 3 rings (SSSR count). The van der Waals surface area contributed by atoms with Crippen LogP contribution in [0.1, 0.15) is 10.5 Å². The predicted molar refractivity (Wildman–Crippen MR) is 89.5 cm³/mol. The number of hydrogen-bond acceptors (Lipinski definition) is 6. The van der Waals surface area contributed by atoms with Gasteiger partial charge in [-0.15, -0.1) is 10.2 Å². The average Bonchev–Trinajstić information content (AvgIpc) is 3.05. The number of azo groups is 1. The van der Waals surface area contributed by atoms with E-state index in [1.54, 1.807) is 0 Å². The number of thiazole rings is 1. The van der Waals surface area contributed by atoms with Gasteiger partial charge < -0.3 is 4.74 Å². The van der Waals surface area contributed by atoms with E-state index in [9.17, 15) is 4.79 Å². The Morgan fingerprint density at radius 3 is 2.30 bits per heavy atom. The molecule has 1 heterocycles. The Balaban J connectivity index is 1.98. The van der Waals surface area contributed by atoms with Crippen molar-refractivity contribution in [2.45, 2.75) is 0 Å². The van der Waals surface area contributed by atoms with Crippen LogP contribution in [0.4, 0.5) is 10.8 Å². The van der Waals surface area contributed by atoms with Crippen molar-refractivity contribution in [1.82, 2.24) is 4.98 Å². The van der Waals surface area contributed by atoms with Gasteiger partial charge in [-0.1, -0.05) is 59.9 Å². The number of carbonyl (C=O) groups excluding carboxylic acids is 1. The Morgan fingerprint density at radius 2 is 1.65 bits per heavy atom. The molecule has 6 heteroatoms. The summed E-state index contributed by atoms with van der Waals surface area (Å²) in [5, 5.41) is 8.67. The molecular weight excluding hydrogens is 310 g/mol. The van der Waals surface area contributed by atoms with E-state index in [1.165, 1.54) is 18.4 Å². The summed E-state index contributed by atoms with van der Waals surface area (Å²) < 4.78 is 4.81. The first-order chi connectivity index (χ1) is 11.3. The summed E-state index contributed by atoms with van der Waals surface area (Å²) in [7, 11) is 1.33. The summed E-state index contributed by atoms with van der Waals surface area (Å²) in [6, 6.07) is 18.9. The second-order valence-electron chi connectivity index (χ2n) is 4.57. The summed E-state index contributed by atoms with van der Waals surface area (Å²) in [4.78, 5) is 16.9. The highest BCUT2D eigenvalue weighted by atomic mass is 32.1. The van der Waals surface area contributed by atoms with Gasteiger partial charge in [-0.2, -0.15) is 0 Å². The molecule has 0 aliphatic carbocycles. The van der Waals surface area contributed by atoms with E-state index in [0.29, 0.717) is 5.13 Å². The Kier molecular flexibility index (Phi) is 4.54. The number of esters is 1. The average molecular weight is 323 g/mol. The highest BCUT2D eigenvalue weighted by Gasteiger charge is 2.20. The van der Waals surface area contributed by atoms with Gasteiger partial charge in [0.15, 0.2) is 5.69 Å². The fraction of sp³-hybridized carbons (Fsp3) is 0.0588. The van der Waals surface area contributed by atoms with Gasteiger partial charge in [-0.05, 0) is 17.7 Å². The van der Waals surface area contributed by atoms with Gasteiger partial charge in [0.05, 0.1) is 17.7 Å². The van der Waals surface area contributed by atoms with Gasteiger partial charge in [0.1, 0.15) is 0 Å². The molecule has 0 N–H and O–H groups in total. The molecule has 0 amide bonds. The van der Waals surface area contributed by atoms with Crippen molar-refractivity contribution in [2.75, 3.05) is 7.11 Å². The Bertz CT molecular complexity index is 830. The third kappa shape index (κ3) is 3.49. The van der Waals surface area contributed by atoms with E-state index >= 15 is 0 Å². The van der Waals surface area contributed by atoms with E-state index in [0.717, 1.165) is 16.1 Å². The topological polar surface area (TPSA) is 63.9 Å². The van der Waals surface area contributed by atoms with Crippen molar-refractivity contribution in [3.63, 3.8) is 0 Å². The number of aromatic nitrogens is 1. The molecule has 3 aromatic rings. The van der Waals surface area contributed by atoms with E-state index in [4.69, 9.17) is 4.74 Å². The van der Waals surface area contributed by atoms with E-state index in [-0.39, 0.29) is 5.69 Å². The zero-order valence-electron chi connectivity index (χ0n) is 12.3. The molecule has 114 valence electrons. The monoisotopic (exact) mass is 323 g/mol. The minimum Gasteiger partial charge on any atom is -0.464 e. The van der Waals surface area contributed by atoms with Crippen LogP contribution < -0.4 is 0 Å². The fourth-order valence-corrected chi connectivity index (χ4v) is 2.85. The number of rotatable bonds is 4. The van der Waals surface area contributed by atoms with Crippen molar-refractivity contribution in [3.05, 3.63) is 66.4 Å². The number of carbonyl (C=O) groups is 1. The quantitative estimate of drug-likeness (QED) is 0.500. The molecule has 0 radical (unpaired) electrons. The predicted octanol–water partition coefficient (Wildman–Crippen LogP) is 5.01. The molecule has 23 heavy (non-hydrogen) atoms. The number of methoxy groups -OCH3 is 1. The van der Waals surface area contributed by atoms with Crippen LogP contribution in [0.2, 0.25) is 0 Å². The third-order valence-electron chi connectivity index (χ3n) is 3.04. The van der Waals surface area contributed by atoms with Gasteiger partial charge in [0.2, 0.25) is 5.13 Å².